The number of carbonyl (C=O) groups excluding carboxylic acids is 2. The first-order valence-electron chi connectivity index (χ1n) is 10.2. The normalized spacial score (nSPS) is 10.9. The Morgan fingerprint density at radius 1 is 0.882 bits per heavy atom. The number of halogens is 1. The van der Waals surface area contributed by atoms with Crippen molar-refractivity contribution < 1.29 is 28.2 Å². The summed E-state index contributed by atoms with van der Waals surface area (Å²) in [5.41, 5.74) is 4.60. The molecular weight excluding hydrogens is 441 g/mol. The van der Waals surface area contributed by atoms with Crippen molar-refractivity contribution in [2.24, 2.45) is 5.10 Å². The summed E-state index contributed by atoms with van der Waals surface area (Å²) in [6.45, 7) is 1.91. The maximum absolute atomic E-state index is 13.0. The second kappa shape index (κ2) is 11.5. The van der Waals surface area contributed by atoms with Gasteiger partial charge in [-0.05, 0) is 67.1 Å². The standard InChI is InChI=1S/C25H24FN3O5/c1-16(28-29-25(31)24(30)27-20-9-11-21(32-2)12-10-20)18-6-13-22(23(14-18)33-3)34-15-17-4-7-19(26)8-5-17/h4-14H,15H2,1-3H3,(H,27,30)(H,29,31)/b28-16+. The molecule has 0 bridgehead atoms. The predicted molar refractivity (Wildman–Crippen MR) is 126 cm³/mol. The zero-order valence-corrected chi connectivity index (χ0v) is 18.9. The molecule has 0 saturated carbocycles. The fourth-order valence-corrected chi connectivity index (χ4v) is 2.87. The summed E-state index contributed by atoms with van der Waals surface area (Å²) in [6, 6.07) is 17.7. The van der Waals surface area contributed by atoms with E-state index in [0.717, 1.165) is 5.56 Å². The number of hydrazone groups is 1. The molecule has 0 aromatic heterocycles. The average molecular weight is 465 g/mol. The van der Waals surface area contributed by atoms with Crippen LogP contribution in [0.25, 0.3) is 0 Å². The summed E-state index contributed by atoms with van der Waals surface area (Å²) in [5, 5.41) is 6.48. The average Bonchev–Trinajstić information content (AvgIpc) is 2.87. The van der Waals surface area contributed by atoms with Crippen molar-refractivity contribution in [3.8, 4) is 17.2 Å². The zero-order valence-electron chi connectivity index (χ0n) is 18.9. The van der Waals surface area contributed by atoms with E-state index in [2.05, 4.69) is 15.8 Å². The van der Waals surface area contributed by atoms with Crippen LogP contribution < -0.4 is 25.0 Å². The molecule has 0 fully saturated rings. The highest BCUT2D eigenvalue weighted by Crippen LogP contribution is 2.29. The summed E-state index contributed by atoms with van der Waals surface area (Å²) in [7, 11) is 3.03. The molecule has 8 nitrogen and oxygen atoms in total. The molecule has 0 spiro atoms. The molecule has 0 aliphatic carbocycles. The number of amides is 2. The lowest BCUT2D eigenvalue weighted by Crippen LogP contribution is -2.32. The van der Waals surface area contributed by atoms with Gasteiger partial charge < -0.3 is 19.5 Å². The molecular formula is C25H24FN3O5. The van der Waals surface area contributed by atoms with Gasteiger partial charge in [0, 0.05) is 11.3 Å². The van der Waals surface area contributed by atoms with E-state index in [1.54, 1.807) is 61.5 Å². The van der Waals surface area contributed by atoms with Crippen LogP contribution >= 0.6 is 0 Å². The maximum atomic E-state index is 13.0. The van der Waals surface area contributed by atoms with Crippen molar-refractivity contribution in [3.63, 3.8) is 0 Å². The van der Waals surface area contributed by atoms with Crippen LogP contribution in [0, 0.1) is 5.82 Å². The van der Waals surface area contributed by atoms with E-state index in [1.807, 2.05) is 0 Å². The van der Waals surface area contributed by atoms with Gasteiger partial charge in [-0.3, -0.25) is 9.59 Å². The first-order valence-corrected chi connectivity index (χ1v) is 10.2. The zero-order chi connectivity index (χ0) is 24.5. The van der Waals surface area contributed by atoms with Crippen LogP contribution in [0.4, 0.5) is 10.1 Å². The molecule has 3 aromatic rings. The van der Waals surface area contributed by atoms with E-state index < -0.39 is 11.8 Å². The SMILES string of the molecule is COc1ccc(NC(=O)C(=O)N/N=C(\C)c2ccc(OCc3ccc(F)cc3)c(OC)c2)cc1. The van der Waals surface area contributed by atoms with Crippen molar-refractivity contribution in [1.82, 2.24) is 5.43 Å². The van der Waals surface area contributed by atoms with E-state index in [1.165, 1.54) is 26.4 Å². The van der Waals surface area contributed by atoms with E-state index in [9.17, 15) is 14.0 Å². The monoisotopic (exact) mass is 465 g/mol. The minimum absolute atomic E-state index is 0.239. The van der Waals surface area contributed by atoms with Crippen LogP contribution in [0.1, 0.15) is 18.1 Å². The van der Waals surface area contributed by atoms with Crippen molar-refractivity contribution >= 4 is 23.2 Å². The van der Waals surface area contributed by atoms with Gasteiger partial charge in [0.05, 0.1) is 19.9 Å². The second-order valence-corrected chi connectivity index (χ2v) is 7.10. The molecule has 9 heteroatoms. The highest BCUT2D eigenvalue weighted by atomic mass is 19.1. The quantitative estimate of drug-likeness (QED) is 0.299. The van der Waals surface area contributed by atoms with Gasteiger partial charge in [0.15, 0.2) is 11.5 Å². The smallest absolute Gasteiger partial charge is 0.329 e. The number of methoxy groups -OCH3 is 2. The van der Waals surface area contributed by atoms with Gasteiger partial charge in [0.2, 0.25) is 0 Å². The lowest BCUT2D eigenvalue weighted by atomic mass is 10.1. The van der Waals surface area contributed by atoms with Gasteiger partial charge in [0.1, 0.15) is 18.2 Å². The predicted octanol–water partition coefficient (Wildman–Crippen LogP) is 3.90. The Morgan fingerprint density at radius 3 is 2.24 bits per heavy atom. The third-order valence-corrected chi connectivity index (χ3v) is 4.77. The van der Waals surface area contributed by atoms with Gasteiger partial charge >= 0.3 is 11.8 Å². The van der Waals surface area contributed by atoms with E-state index >= 15 is 0 Å². The van der Waals surface area contributed by atoms with Crippen LogP contribution in [0.2, 0.25) is 0 Å². The van der Waals surface area contributed by atoms with Crippen molar-refractivity contribution in [2.75, 3.05) is 19.5 Å². The maximum Gasteiger partial charge on any atom is 0.329 e. The molecule has 0 radical (unpaired) electrons. The number of ether oxygens (including phenoxy) is 3. The van der Waals surface area contributed by atoms with E-state index in [4.69, 9.17) is 14.2 Å². The molecule has 0 aliphatic heterocycles. The fraction of sp³-hybridized carbons (Fsp3) is 0.160. The van der Waals surface area contributed by atoms with Crippen LogP contribution in [0.3, 0.4) is 0 Å². The van der Waals surface area contributed by atoms with Gasteiger partial charge in [0.25, 0.3) is 0 Å². The Morgan fingerprint density at radius 2 is 1.59 bits per heavy atom. The molecule has 0 heterocycles. The molecule has 176 valence electrons. The van der Waals surface area contributed by atoms with Crippen molar-refractivity contribution in [3.05, 3.63) is 83.7 Å². The number of anilines is 1. The van der Waals surface area contributed by atoms with Gasteiger partial charge in [-0.1, -0.05) is 12.1 Å². The Balaban J connectivity index is 1.60. The number of rotatable bonds is 8. The van der Waals surface area contributed by atoms with E-state index in [0.29, 0.717) is 34.2 Å². The minimum atomic E-state index is -0.915. The van der Waals surface area contributed by atoms with Gasteiger partial charge in [-0.2, -0.15) is 5.10 Å². The Bertz CT molecular complexity index is 1180. The third-order valence-electron chi connectivity index (χ3n) is 4.77. The Kier molecular flexibility index (Phi) is 8.17. The molecule has 0 aliphatic rings. The molecule has 2 amide bonds. The van der Waals surface area contributed by atoms with Crippen molar-refractivity contribution in [1.29, 1.82) is 0 Å². The topological polar surface area (TPSA) is 98.2 Å². The number of nitrogens with one attached hydrogen (secondary N) is 2. The van der Waals surface area contributed by atoms with Crippen LogP contribution in [0.15, 0.2) is 71.8 Å². The highest BCUT2D eigenvalue weighted by Gasteiger charge is 2.14. The number of benzene rings is 3. The summed E-state index contributed by atoms with van der Waals surface area (Å²) in [6.07, 6.45) is 0. The molecule has 0 atom stereocenters. The summed E-state index contributed by atoms with van der Waals surface area (Å²) >= 11 is 0. The molecule has 0 saturated heterocycles. The summed E-state index contributed by atoms with van der Waals surface area (Å²) < 4.78 is 29.3. The summed E-state index contributed by atoms with van der Waals surface area (Å²) in [5.74, 6) is -0.509. The van der Waals surface area contributed by atoms with Crippen molar-refractivity contribution in [2.45, 2.75) is 13.5 Å². The van der Waals surface area contributed by atoms with Gasteiger partial charge in [-0.15, -0.1) is 0 Å². The lowest BCUT2D eigenvalue weighted by molar-refractivity contribution is -0.136. The largest absolute Gasteiger partial charge is 0.497 e. The second-order valence-electron chi connectivity index (χ2n) is 7.10. The molecule has 3 rings (SSSR count). The summed E-state index contributed by atoms with van der Waals surface area (Å²) in [4.78, 5) is 24.2. The minimum Gasteiger partial charge on any atom is -0.497 e. The number of hydrogen-bond acceptors (Lipinski definition) is 6. The molecule has 0 unspecified atom stereocenters. The van der Waals surface area contributed by atoms with E-state index in [-0.39, 0.29) is 12.4 Å². The van der Waals surface area contributed by atoms with Crippen LogP contribution in [-0.4, -0.2) is 31.7 Å². The van der Waals surface area contributed by atoms with Crippen LogP contribution in [0.5, 0.6) is 17.2 Å². The fourth-order valence-electron chi connectivity index (χ4n) is 2.87. The third kappa shape index (κ3) is 6.55. The first-order chi connectivity index (χ1) is 16.4. The number of carbonyl (C=O) groups is 2. The molecule has 34 heavy (non-hydrogen) atoms. The van der Waals surface area contributed by atoms with Gasteiger partial charge in [-0.25, -0.2) is 9.82 Å². The Labute approximate surface area is 196 Å². The van der Waals surface area contributed by atoms with Crippen LogP contribution in [-0.2, 0) is 16.2 Å². The molecule has 3 aromatic carbocycles. The first kappa shape index (κ1) is 24.2. The number of nitrogens with zero attached hydrogens (tertiary/aromatic N) is 1. The highest BCUT2D eigenvalue weighted by molar-refractivity contribution is 6.39. The molecule has 2 N–H and O–H groups in total. The number of hydrogen-bond donors (Lipinski definition) is 2. The Hall–Kier alpha value is -4.40. The lowest BCUT2D eigenvalue weighted by Gasteiger charge is -2.12.